The fourth-order valence-electron chi connectivity index (χ4n) is 1.93. The third-order valence-corrected chi connectivity index (χ3v) is 2.88. The molecule has 0 atom stereocenters. The lowest BCUT2D eigenvalue weighted by atomic mass is 10.4. The van der Waals surface area contributed by atoms with E-state index in [9.17, 15) is 0 Å². The Bertz CT molecular complexity index is 324. The number of anilines is 1. The van der Waals surface area contributed by atoms with Gasteiger partial charge in [-0.3, -0.25) is 4.90 Å². The zero-order chi connectivity index (χ0) is 11.2. The molecule has 0 aromatic carbocycles. The van der Waals surface area contributed by atoms with Crippen molar-refractivity contribution in [2.75, 3.05) is 38.6 Å². The molecule has 88 valence electrons. The fourth-order valence-corrected chi connectivity index (χ4v) is 1.93. The summed E-state index contributed by atoms with van der Waals surface area (Å²) < 4.78 is 5.62. The Balaban J connectivity index is 1.75. The Morgan fingerprint density at radius 2 is 2.25 bits per heavy atom. The van der Waals surface area contributed by atoms with Gasteiger partial charge in [0.05, 0.1) is 0 Å². The van der Waals surface area contributed by atoms with E-state index in [1.54, 1.807) is 6.20 Å². The topological polar surface area (TPSA) is 37.4 Å². The van der Waals surface area contributed by atoms with E-state index in [-0.39, 0.29) is 0 Å². The highest BCUT2D eigenvalue weighted by Crippen LogP contribution is 2.13. The van der Waals surface area contributed by atoms with E-state index in [0.29, 0.717) is 5.88 Å². The first-order chi connectivity index (χ1) is 7.88. The van der Waals surface area contributed by atoms with Gasteiger partial charge in [-0.1, -0.05) is 0 Å². The van der Waals surface area contributed by atoms with Crippen molar-refractivity contribution < 1.29 is 4.74 Å². The first-order valence-electron chi connectivity index (χ1n) is 5.87. The van der Waals surface area contributed by atoms with Crippen LogP contribution in [0.2, 0.25) is 0 Å². The van der Waals surface area contributed by atoms with E-state index in [1.165, 1.54) is 25.9 Å². The SMILES string of the molecule is CNc1ccnc(OCCN2CCCC2)c1. The van der Waals surface area contributed by atoms with Gasteiger partial charge in [0.25, 0.3) is 0 Å². The maximum atomic E-state index is 5.62. The molecule has 1 aliphatic rings. The summed E-state index contributed by atoms with van der Waals surface area (Å²) in [5.74, 6) is 0.700. The summed E-state index contributed by atoms with van der Waals surface area (Å²) in [7, 11) is 1.89. The van der Waals surface area contributed by atoms with E-state index >= 15 is 0 Å². The van der Waals surface area contributed by atoms with Gasteiger partial charge < -0.3 is 10.1 Å². The van der Waals surface area contributed by atoms with E-state index in [4.69, 9.17) is 4.74 Å². The van der Waals surface area contributed by atoms with Crippen LogP contribution < -0.4 is 10.1 Å². The van der Waals surface area contributed by atoms with Gasteiger partial charge in [-0.15, -0.1) is 0 Å². The van der Waals surface area contributed by atoms with Crippen LogP contribution in [-0.2, 0) is 0 Å². The quantitative estimate of drug-likeness (QED) is 0.819. The number of likely N-dealkylation sites (tertiary alicyclic amines) is 1. The number of nitrogens with zero attached hydrogens (tertiary/aromatic N) is 2. The lowest BCUT2D eigenvalue weighted by Crippen LogP contribution is -2.25. The molecule has 0 saturated carbocycles. The molecule has 1 N–H and O–H groups in total. The molecule has 2 heterocycles. The molecule has 1 saturated heterocycles. The highest BCUT2D eigenvalue weighted by Gasteiger charge is 2.10. The van der Waals surface area contributed by atoms with Crippen LogP contribution in [0.15, 0.2) is 18.3 Å². The Kier molecular flexibility index (Phi) is 3.99. The number of pyridine rings is 1. The second kappa shape index (κ2) is 5.70. The molecule has 4 heteroatoms. The van der Waals surface area contributed by atoms with Crippen LogP contribution in [0.5, 0.6) is 5.88 Å². The third-order valence-electron chi connectivity index (χ3n) is 2.88. The smallest absolute Gasteiger partial charge is 0.215 e. The van der Waals surface area contributed by atoms with Crippen LogP contribution in [0, 0.1) is 0 Å². The summed E-state index contributed by atoms with van der Waals surface area (Å²) in [6.07, 6.45) is 4.41. The predicted molar refractivity (Wildman–Crippen MR) is 65.0 cm³/mol. The number of hydrogen-bond acceptors (Lipinski definition) is 4. The lowest BCUT2D eigenvalue weighted by molar-refractivity contribution is 0.232. The number of rotatable bonds is 5. The van der Waals surface area contributed by atoms with E-state index in [2.05, 4.69) is 15.2 Å². The Morgan fingerprint density at radius 3 is 3.00 bits per heavy atom. The van der Waals surface area contributed by atoms with Crippen LogP contribution in [0.25, 0.3) is 0 Å². The minimum atomic E-state index is 0.700. The molecular formula is C12H19N3O. The molecule has 1 aromatic rings. The summed E-state index contributed by atoms with van der Waals surface area (Å²) in [5, 5.41) is 3.07. The molecule has 0 bridgehead atoms. The minimum absolute atomic E-state index is 0.700. The van der Waals surface area contributed by atoms with Crippen LogP contribution in [-0.4, -0.2) is 43.2 Å². The van der Waals surface area contributed by atoms with Gasteiger partial charge in [0.15, 0.2) is 0 Å². The largest absolute Gasteiger partial charge is 0.476 e. The van der Waals surface area contributed by atoms with E-state index in [0.717, 1.165) is 18.8 Å². The maximum absolute atomic E-state index is 5.62. The third kappa shape index (κ3) is 3.10. The van der Waals surface area contributed by atoms with Crippen LogP contribution in [0.4, 0.5) is 5.69 Å². The van der Waals surface area contributed by atoms with Crippen molar-refractivity contribution in [3.05, 3.63) is 18.3 Å². The van der Waals surface area contributed by atoms with Crippen molar-refractivity contribution in [1.82, 2.24) is 9.88 Å². The average molecular weight is 221 g/mol. The Hall–Kier alpha value is -1.29. The molecule has 0 radical (unpaired) electrons. The van der Waals surface area contributed by atoms with Crippen LogP contribution in [0.1, 0.15) is 12.8 Å². The molecule has 0 amide bonds. The second-order valence-electron chi connectivity index (χ2n) is 4.03. The fraction of sp³-hybridized carbons (Fsp3) is 0.583. The summed E-state index contributed by atoms with van der Waals surface area (Å²) >= 11 is 0. The highest BCUT2D eigenvalue weighted by atomic mass is 16.5. The molecule has 1 aromatic heterocycles. The van der Waals surface area contributed by atoms with E-state index < -0.39 is 0 Å². The first-order valence-corrected chi connectivity index (χ1v) is 5.87. The minimum Gasteiger partial charge on any atom is -0.476 e. The zero-order valence-corrected chi connectivity index (χ0v) is 9.78. The number of ether oxygens (including phenoxy) is 1. The molecule has 1 aliphatic heterocycles. The molecule has 16 heavy (non-hydrogen) atoms. The molecule has 2 rings (SSSR count). The molecule has 4 nitrogen and oxygen atoms in total. The molecular weight excluding hydrogens is 202 g/mol. The van der Waals surface area contributed by atoms with Crippen LogP contribution in [0.3, 0.4) is 0 Å². The summed E-state index contributed by atoms with van der Waals surface area (Å²) in [5.41, 5.74) is 1.03. The van der Waals surface area contributed by atoms with Gasteiger partial charge in [0.2, 0.25) is 5.88 Å². The van der Waals surface area contributed by atoms with Gasteiger partial charge in [-0.05, 0) is 32.0 Å². The molecule has 0 aliphatic carbocycles. The maximum Gasteiger partial charge on any atom is 0.215 e. The van der Waals surface area contributed by atoms with Gasteiger partial charge in [0, 0.05) is 31.5 Å². The number of aromatic nitrogens is 1. The lowest BCUT2D eigenvalue weighted by Gasteiger charge is -2.14. The van der Waals surface area contributed by atoms with Crippen molar-refractivity contribution in [3.8, 4) is 5.88 Å². The second-order valence-corrected chi connectivity index (χ2v) is 4.03. The van der Waals surface area contributed by atoms with Gasteiger partial charge in [-0.2, -0.15) is 0 Å². The van der Waals surface area contributed by atoms with Gasteiger partial charge in [0.1, 0.15) is 6.61 Å². The van der Waals surface area contributed by atoms with Crippen molar-refractivity contribution in [1.29, 1.82) is 0 Å². The Labute approximate surface area is 96.6 Å². The standard InChI is InChI=1S/C12H19N3O/c1-13-11-4-5-14-12(10-11)16-9-8-15-6-2-3-7-15/h4-5,10H,2-3,6-9H2,1H3,(H,13,14). The predicted octanol–water partition coefficient (Wildman–Crippen LogP) is 1.60. The van der Waals surface area contributed by atoms with Gasteiger partial charge >= 0.3 is 0 Å². The zero-order valence-electron chi connectivity index (χ0n) is 9.78. The van der Waals surface area contributed by atoms with E-state index in [1.807, 2.05) is 19.2 Å². The number of hydrogen-bond donors (Lipinski definition) is 1. The van der Waals surface area contributed by atoms with Gasteiger partial charge in [-0.25, -0.2) is 4.98 Å². The van der Waals surface area contributed by atoms with Crippen molar-refractivity contribution in [2.45, 2.75) is 12.8 Å². The Morgan fingerprint density at radius 1 is 1.44 bits per heavy atom. The number of nitrogens with one attached hydrogen (secondary N) is 1. The van der Waals surface area contributed by atoms with Crippen LogP contribution >= 0.6 is 0 Å². The monoisotopic (exact) mass is 221 g/mol. The molecule has 0 spiro atoms. The molecule has 0 unspecified atom stereocenters. The normalized spacial score (nSPS) is 16.3. The van der Waals surface area contributed by atoms with Crippen molar-refractivity contribution in [2.24, 2.45) is 0 Å². The highest BCUT2D eigenvalue weighted by molar-refractivity contribution is 5.44. The average Bonchev–Trinajstić information content (AvgIpc) is 2.82. The summed E-state index contributed by atoms with van der Waals surface area (Å²) in [4.78, 5) is 6.60. The van der Waals surface area contributed by atoms with Crippen molar-refractivity contribution in [3.63, 3.8) is 0 Å². The first kappa shape index (κ1) is 11.2. The summed E-state index contributed by atoms with van der Waals surface area (Å²) in [6, 6.07) is 3.84. The summed E-state index contributed by atoms with van der Waals surface area (Å²) in [6.45, 7) is 4.16. The van der Waals surface area contributed by atoms with Crippen molar-refractivity contribution >= 4 is 5.69 Å². The molecule has 1 fully saturated rings.